The molecule has 0 bridgehead atoms. The average molecular weight is 480 g/mol. The molecule has 0 heterocycles. The van der Waals surface area contributed by atoms with E-state index in [-0.39, 0.29) is 18.9 Å². The van der Waals surface area contributed by atoms with Gasteiger partial charge in [-0.1, -0.05) is 19.3 Å². The van der Waals surface area contributed by atoms with Crippen molar-refractivity contribution in [3.63, 3.8) is 0 Å². The van der Waals surface area contributed by atoms with Crippen molar-refractivity contribution in [2.45, 2.75) is 46.1 Å². The Bertz CT molecular complexity index is 414. The van der Waals surface area contributed by atoms with Gasteiger partial charge >= 0.3 is 0 Å². The first-order valence-corrected chi connectivity index (χ1v) is 11.5. The summed E-state index contributed by atoms with van der Waals surface area (Å²) in [4.78, 5) is 11.6. The first-order valence-electron chi connectivity index (χ1n) is 11.5. The van der Waals surface area contributed by atoms with Gasteiger partial charge in [0.05, 0.1) is 59.5 Å². The molecular formula is C23H49N3O7. The fourth-order valence-corrected chi connectivity index (χ4v) is 1.85. The molecule has 10 heteroatoms. The first-order chi connectivity index (χ1) is 15.8. The van der Waals surface area contributed by atoms with Gasteiger partial charge in [-0.15, -0.1) is 6.42 Å². The van der Waals surface area contributed by atoms with E-state index in [0.717, 1.165) is 6.54 Å². The molecule has 0 amide bonds. The lowest BCUT2D eigenvalue weighted by Crippen LogP contribution is -2.31. The van der Waals surface area contributed by atoms with Gasteiger partial charge in [-0.2, -0.15) is 0 Å². The van der Waals surface area contributed by atoms with Crippen LogP contribution in [-0.4, -0.2) is 113 Å². The number of unbranched alkanes of at least 4 members (excludes halogenated alkanes) is 1. The number of terminal acetylenes is 1. The van der Waals surface area contributed by atoms with Crippen LogP contribution in [0.5, 0.6) is 0 Å². The quantitative estimate of drug-likeness (QED) is 0.0881. The number of nitrogens with one attached hydrogen (secondary N) is 1. The van der Waals surface area contributed by atoms with Crippen molar-refractivity contribution in [3.8, 4) is 12.3 Å². The monoisotopic (exact) mass is 479 g/mol. The van der Waals surface area contributed by atoms with Gasteiger partial charge in [0.25, 0.3) is 6.47 Å². The maximum atomic E-state index is 9.60. The highest BCUT2D eigenvalue weighted by atomic mass is 16.5. The normalized spacial score (nSPS) is 10.5. The topological polar surface area (TPSA) is 136 Å². The maximum absolute atomic E-state index is 9.60. The highest BCUT2D eigenvalue weighted by Gasteiger charge is 2.07. The second kappa shape index (κ2) is 30.7. The third kappa shape index (κ3) is 41.5. The summed E-state index contributed by atoms with van der Waals surface area (Å²) in [5, 5.41) is 20.1. The Morgan fingerprint density at radius 3 is 1.97 bits per heavy atom. The van der Waals surface area contributed by atoms with Gasteiger partial charge in [-0.3, -0.25) is 15.0 Å². The molecule has 0 aliphatic carbocycles. The number of carbonyl (C=O) groups excluding carboxylic acids is 1. The molecule has 10 nitrogen and oxygen atoms in total. The summed E-state index contributed by atoms with van der Waals surface area (Å²) in [5.74, 6) is 2.55. The molecule has 0 radical (unpaired) electrons. The van der Waals surface area contributed by atoms with Crippen molar-refractivity contribution in [1.82, 2.24) is 10.2 Å². The van der Waals surface area contributed by atoms with Crippen LogP contribution in [0.3, 0.4) is 0 Å². The van der Waals surface area contributed by atoms with E-state index in [2.05, 4.69) is 22.9 Å². The summed E-state index contributed by atoms with van der Waals surface area (Å²) in [7, 11) is 0. The van der Waals surface area contributed by atoms with Gasteiger partial charge in [-0.25, -0.2) is 0 Å². The molecule has 33 heavy (non-hydrogen) atoms. The highest BCUT2D eigenvalue weighted by Crippen LogP contribution is 2.02. The molecular weight excluding hydrogens is 430 g/mol. The molecule has 0 atom stereocenters. The van der Waals surface area contributed by atoms with E-state index in [0.29, 0.717) is 72.3 Å². The van der Waals surface area contributed by atoms with E-state index in [1.807, 2.05) is 25.7 Å². The molecule has 0 saturated carbocycles. The number of nitrogens with two attached hydrogens (primary N) is 1. The minimum absolute atomic E-state index is 0.0335. The van der Waals surface area contributed by atoms with Crippen molar-refractivity contribution >= 4 is 6.47 Å². The molecule has 0 saturated heterocycles. The molecule has 0 rings (SSSR count). The molecule has 198 valence electrons. The van der Waals surface area contributed by atoms with Crippen LogP contribution in [0.4, 0.5) is 0 Å². The lowest BCUT2D eigenvalue weighted by molar-refractivity contribution is -0.138. The molecule has 0 aromatic heterocycles. The Balaban J connectivity index is -0.000000612. The minimum Gasteiger partial charge on any atom is -0.462 e. The van der Waals surface area contributed by atoms with Crippen molar-refractivity contribution in [1.29, 1.82) is 0 Å². The summed E-state index contributed by atoms with van der Waals surface area (Å²) in [6, 6.07) is 0. The van der Waals surface area contributed by atoms with Crippen LogP contribution in [0.15, 0.2) is 0 Å². The standard InChI is InChI=1S/C14H28N2O5.C5H10O2.C4H11N/c1-2-4-16(5-7-17)6-9-20-11-13-21-12-10-19-8-3-15-14-18;1-5(2,3)7-4-6;1-2-3-4-5/h1,15,17-18H,3-14H2;4H,1-3H3;2-5H2,1H3. The van der Waals surface area contributed by atoms with Crippen molar-refractivity contribution in [3.05, 3.63) is 0 Å². The predicted octanol–water partition coefficient (Wildman–Crippen LogP) is 0.206. The van der Waals surface area contributed by atoms with Gasteiger partial charge in [0.2, 0.25) is 0 Å². The largest absolute Gasteiger partial charge is 0.462 e. The van der Waals surface area contributed by atoms with Gasteiger partial charge in [0.1, 0.15) is 5.60 Å². The lowest BCUT2D eigenvalue weighted by Gasteiger charge is -2.18. The van der Waals surface area contributed by atoms with Gasteiger partial charge in [0.15, 0.2) is 0 Å². The molecule has 0 aromatic carbocycles. The number of aliphatic hydroxyl groups excluding tert-OH is 2. The number of hydrogen-bond donors (Lipinski definition) is 4. The van der Waals surface area contributed by atoms with Crippen LogP contribution < -0.4 is 11.1 Å². The Labute approximate surface area is 201 Å². The first kappa shape index (κ1) is 36.3. The van der Waals surface area contributed by atoms with E-state index >= 15 is 0 Å². The lowest BCUT2D eigenvalue weighted by atomic mass is 10.2. The Morgan fingerprint density at radius 1 is 1.03 bits per heavy atom. The van der Waals surface area contributed by atoms with E-state index in [1.54, 1.807) is 0 Å². The molecule has 0 fully saturated rings. The zero-order valence-electron chi connectivity index (χ0n) is 21.2. The maximum Gasteiger partial charge on any atom is 0.293 e. The van der Waals surface area contributed by atoms with E-state index in [1.165, 1.54) is 12.8 Å². The van der Waals surface area contributed by atoms with Crippen LogP contribution in [0, 0.1) is 12.3 Å². The Morgan fingerprint density at radius 2 is 1.61 bits per heavy atom. The number of rotatable bonds is 19. The minimum atomic E-state index is -0.318. The molecule has 0 aromatic rings. The summed E-state index contributed by atoms with van der Waals surface area (Å²) in [5.41, 5.74) is 4.82. The molecule has 0 spiro atoms. The third-order valence-corrected chi connectivity index (χ3v) is 3.52. The van der Waals surface area contributed by atoms with Crippen molar-refractivity contribution in [2.75, 3.05) is 85.7 Å². The van der Waals surface area contributed by atoms with Crippen molar-refractivity contribution < 1.29 is 34.0 Å². The van der Waals surface area contributed by atoms with Gasteiger partial charge in [-0.05, 0) is 33.7 Å². The average Bonchev–Trinajstić information content (AvgIpc) is 2.75. The van der Waals surface area contributed by atoms with Crippen LogP contribution in [0.1, 0.15) is 40.5 Å². The number of carbonyl (C=O) groups is 1. The van der Waals surface area contributed by atoms with Crippen LogP contribution >= 0.6 is 0 Å². The van der Waals surface area contributed by atoms with Crippen LogP contribution in [0.2, 0.25) is 0 Å². The Hall–Kier alpha value is -1.29. The predicted molar refractivity (Wildman–Crippen MR) is 131 cm³/mol. The van der Waals surface area contributed by atoms with E-state index in [9.17, 15) is 4.79 Å². The van der Waals surface area contributed by atoms with Crippen LogP contribution in [0.25, 0.3) is 0 Å². The number of nitrogens with zero attached hydrogens (tertiary/aromatic N) is 1. The van der Waals surface area contributed by atoms with Crippen molar-refractivity contribution in [2.24, 2.45) is 5.73 Å². The summed E-state index contributed by atoms with van der Waals surface area (Å²) >= 11 is 0. The molecule has 5 N–H and O–H groups in total. The molecule has 0 unspecified atom stereocenters. The van der Waals surface area contributed by atoms with E-state index in [4.69, 9.17) is 36.6 Å². The number of ether oxygens (including phenoxy) is 4. The second-order valence-corrected chi connectivity index (χ2v) is 7.67. The number of aliphatic hydroxyl groups is 2. The number of hydrogen-bond acceptors (Lipinski definition) is 10. The fraction of sp³-hybridized carbons (Fsp3) is 0.870. The zero-order chi connectivity index (χ0) is 25.6. The highest BCUT2D eigenvalue weighted by molar-refractivity contribution is 5.37. The fourth-order valence-electron chi connectivity index (χ4n) is 1.85. The van der Waals surface area contributed by atoms with Gasteiger partial charge < -0.3 is 34.9 Å². The SMILES string of the molecule is C#CCN(CCO)CCOCCOCCOCCNCO.CC(C)(C)OC=O.CCCCN. The molecule has 0 aliphatic heterocycles. The molecule has 0 aliphatic rings. The van der Waals surface area contributed by atoms with Gasteiger partial charge in [0, 0.05) is 19.6 Å². The Kier molecular flexibility index (Phi) is 33.8. The van der Waals surface area contributed by atoms with Crippen LogP contribution in [-0.2, 0) is 23.7 Å². The van der Waals surface area contributed by atoms with E-state index < -0.39 is 0 Å². The summed E-state index contributed by atoms with van der Waals surface area (Å²) < 4.78 is 20.6. The summed E-state index contributed by atoms with van der Waals surface area (Å²) in [6.45, 7) is 14.6. The third-order valence-electron chi connectivity index (χ3n) is 3.52. The summed E-state index contributed by atoms with van der Waals surface area (Å²) in [6.07, 6.45) is 7.62. The second-order valence-electron chi connectivity index (χ2n) is 7.67. The zero-order valence-corrected chi connectivity index (χ0v) is 21.2. The smallest absolute Gasteiger partial charge is 0.293 e.